The summed E-state index contributed by atoms with van der Waals surface area (Å²) in [5.74, 6) is 2.07. The van der Waals surface area contributed by atoms with Gasteiger partial charge in [-0.25, -0.2) is 9.37 Å². The minimum Gasteiger partial charge on any atom is -0.367 e. The van der Waals surface area contributed by atoms with Crippen molar-refractivity contribution in [3.05, 3.63) is 53.9 Å². The van der Waals surface area contributed by atoms with Gasteiger partial charge in [-0.05, 0) is 37.0 Å². The van der Waals surface area contributed by atoms with Gasteiger partial charge in [-0.2, -0.15) is 0 Å². The molecule has 1 aliphatic carbocycles. The van der Waals surface area contributed by atoms with Crippen molar-refractivity contribution in [2.45, 2.75) is 25.2 Å². The smallest absolute Gasteiger partial charge is 0.203 e. The summed E-state index contributed by atoms with van der Waals surface area (Å²) in [6, 6.07) is 6.65. The third kappa shape index (κ3) is 2.52. The SMILES string of the molecule is Fc1cccc(CCNc2nccn3c(C4CC4)nnc23)c1. The van der Waals surface area contributed by atoms with Crippen molar-refractivity contribution >= 4 is 11.5 Å². The van der Waals surface area contributed by atoms with Crippen molar-refractivity contribution in [1.82, 2.24) is 19.6 Å². The highest BCUT2D eigenvalue weighted by atomic mass is 19.1. The second-order valence-electron chi connectivity index (χ2n) is 5.61. The molecule has 1 N–H and O–H groups in total. The lowest BCUT2D eigenvalue weighted by molar-refractivity contribution is 0.625. The van der Waals surface area contributed by atoms with E-state index in [1.165, 1.54) is 18.9 Å². The minimum atomic E-state index is -0.204. The maximum Gasteiger partial charge on any atom is 0.203 e. The molecule has 0 unspecified atom stereocenters. The predicted molar refractivity (Wildman–Crippen MR) is 81.4 cm³/mol. The molecule has 1 aliphatic rings. The van der Waals surface area contributed by atoms with Crippen molar-refractivity contribution < 1.29 is 4.39 Å². The third-order valence-electron chi connectivity index (χ3n) is 3.89. The minimum absolute atomic E-state index is 0.204. The molecule has 0 radical (unpaired) electrons. The number of hydrogen-bond acceptors (Lipinski definition) is 4. The molecule has 4 rings (SSSR count). The first-order valence-corrected chi connectivity index (χ1v) is 7.49. The normalized spacial score (nSPS) is 14.4. The summed E-state index contributed by atoms with van der Waals surface area (Å²) in [7, 11) is 0. The van der Waals surface area contributed by atoms with Crippen LogP contribution < -0.4 is 5.32 Å². The second-order valence-corrected chi connectivity index (χ2v) is 5.61. The Hall–Kier alpha value is -2.50. The van der Waals surface area contributed by atoms with Crippen LogP contribution in [-0.4, -0.2) is 26.1 Å². The van der Waals surface area contributed by atoms with Crippen LogP contribution in [0.2, 0.25) is 0 Å². The van der Waals surface area contributed by atoms with E-state index >= 15 is 0 Å². The topological polar surface area (TPSA) is 55.1 Å². The maximum absolute atomic E-state index is 13.2. The molecule has 2 heterocycles. The molecule has 0 aliphatic heterocycles. The lowest BCUT2D eigenvalue weighted by Crippen LogP contribution is -2.08. The van der Waals surface area contributed by atoms with Gasteiger partial charge in [-0.3, -0.25) is 4.40 Å². The first kappa shape index (κ1) is 13.2. The van der Waals surface area contributed by atoms with Gasteiger partial charge < -0.3 is 5.32 Å². The standard InChI is InChI=1S/C16H16FN5/c17-13-3-1-2-11(10-13)6-7-18-14-16-21-20-15(12-4-5-12)22(16)9-8-19-14/h1-3,8-10,12H,4-7H2,(H,18,19). The van der Waals surface area contributed by atoms with Crippen LogP contribution in [0.25, 0.3) is 5.65 Å². The molecular weight excluding hydrogens is 281 g/mol. The van der Waals surface area contributed by atoms with Crippen LogP contribution in [0.4, 0.5) is 10.2 Å². The summed E-state index contributed by atoms with van der Waals surface area (Å²) in [6.45, 7) is 0.668. The van der Waals surface area contributed by atoms with Crippen molar-refractivity contribution in [2.75, 3.05) is 11.9 Å². The Morgan fingerprint density at radius 1 is 1.27 bits per heavy atom. The molecule has 1 aromatic carbocycles. The van der Waals surface area contributed by atoms with E-state index in [4.69, 9.17) is 0 Å². The molecule has 1 fully saturated rings. The first-order chi connectivity index (χ1) is 10.8. The fraction of sp³-hybridized carbons (Fsp3) is 0.312. The lowest BCUT2D eigenvalue weighted by Gasteiger charge is -2.07. The Morgan fingerprint density at radius 3 is 3.00 bits per heavy atom. The Kier molecular flexibility index (Phi) is 3.21. The van der Waals surface area contributed by atoms with Crippen LogP contribution in [0, 0.1) is 5.82 Å². The number of fused-ring (bicyclic) bond motifs is 1. The van der Waals surface area contributed by atoms with Crippen molar-refractivity contribution in [1.29, 1.82) is 0 Å². The van der Waals surface area contributed by atoms with Gasteiger partial charge in [-0.15, -0.1) is 10.2 Å². The van der Waals surface area contributed by atoms with Crippen LogP contribution in [0.3, 0.4) is 0 Å². The van der Waals surface area contributed by atoms with Crippen LogP contribution in [0.15, 0.2) is 36.7 Å². The molecule has 6 heteroatoms. The average Bonchev–Trinajstić information content (AvgIpc) is 3.27. The number of hydrogen-bond donors (Lipinski definition) is 1. The van der Waals surface area contributed by atoms with E-state index in [9.17, 15) is 4.39 Å². The molecule has 5 nitrogen and oxygen atoms in total. The van der Waals surface area contributed by atoms with E-state index in [1.807, 2.05) is 16.7 Å². The first-order valence-electron chi connectivity index (χ1n) is 7.49. The van der Waals surface area contributed by atoms with Gasteiger partial charge in [-0.1, -0.05) is 12.1 Å². The molecular formula is C16H16FN5. The van der Waals surface area contributed by atoms with Crippen LogP contribution in [0.1, 0.15) is 30.1 Å². The van der Waals surface area contributed by atoms with E-state index in [0.717, 1.165) is 29.3 Å². The summed E-state index contributed by atoms with van der Waals surface area (Å²) in [5, 5.41) is 11.8. The molecule has 0 bridgehead atoms. The maximum atomic E-state index is 13.2. The fourth-order valence-corrected chi connectivity index (χ4v) is 2.61. The van der Waals surface area contributed by atoms with Crippen molar-refractivity contribution in [3.63, 3.8) is 0 Å². The molecule has 0 atom stereocenters. The molecule has 0 amide bonds. The Labute approximate surface area is 127 Å². The van der Waals surface area contributed by atoms with E-state index in [-0.39, 0.29) is 5.82 Å². The number of nitrogens with one attached hydrogen (secondary N) is 1. The Morgan fingerprint density at radius 2 is 2.18 bits per heavy atom. The van der Waals surface area contributed by atoms with Gasteiger partial charge in [0, 0.05) is 24.9 Å². The van der Waals surface area contributed by atoms with Crippen molar-refractivity contribution in [3.8, 4) is 0 Å². The van der Waals surface area contributed by atoms with E-state index in [2.05, 4.69) is 20.5 Å². The van der Waals surface area contributed by atoms with E-state index in [0.29, 0.717) is 12.5 Å². The molecule has 0 saturated heterocycles. The van der Waals surface area contributed by atoms with E-state index < -0.39 is 0 Å². The van der Waals surface area contributed by atoms with Gasteiger partial charge in [0.05, 0.1) is 0 Å². The summed E-state index contributed by atoms with van der Waals surface area (Å²) in [5.41, 5.74) is 1.71. The molecule has 112 valence electrons. The summed E-state index contributed by atoms with van der Waals surface area (Å²) in [4.78, 5) is 4.34. The fourth-order valence-electron chi connectivity index (χ4n) is 2.61. The highest BCUT2D eigenvalue weighted by Gasteiger charge is 2.29. The van der Waals surface area contributed by atoms with Gasteiger partial charge in [0.2, 0.25) is 5.65 Å². The zero-order chi connectivity index (χ0) is 14.9. The lowest BCUT2D eigenvalue weighted by atomic mass is 10.1. The van der Waals surface area contributed by atoms with Gasteiger partial charge >= 0.3 is 0 Å². The predicted octanol–water partition coefficient (Wildman–Crippen LogP) is 2.80. The molecule has 2 aromatic heterocycles. The zero-order valence-electron chi connectivity index (χ0n) is 12.0. The number of nitrogens with zero attached hydrogens (tertiary/aromatic N) is 4. The van der Waals surface area contributed by atoms with Crippen LogP contribution in [0.5, 0.6) is 0 Å². The summed E-state index contributed by atoms with van der Waals surface area (Å²) in [6.07, 6.45) is 6.76. The highest BCUT2D eigenvalue weighted by molar-refractivity contribution is 5.62. The van der Waals surface area contributed by atoms with E-state index in [1.54, 1.807) is 18.3 Å². The van der Waals surface area contributed by atoms with Gasteiger partial charge in [0.15, 0.2) is 5.82 Å². The van der Waals surface area contributed by atoms with Crippen molar-refractivity contribution in [2.24, 2.45) is 0 Å². The average molecular weight is 297 g/mol. The van der Waals surface area contributed by atoms with Crippen LogP contribution in [-0.2, 0) is 6.42 Å². The second kappa shape index (κ2) is 5.36. The number of benzene rings is 1. The Bertz CT molecular complexity index is 809. The number of anilines is 1. The summed E-state index contributed by atoms with van der Waals surface area (Å²) >= 11 is 0. The largest absolute Gasteiger partial charge is 0.367 e. The third-order valence-corrected chi connectivity index (χ3v) is 3.89. The number of aromatic nitrogens is 4. The van der Waals surface area contributed by atoms with Gasteiger partial charge in [0.1, 0.15) is 11.6 Å². The Balaban J connectivity index is 1.49. The van der Waals surface area contributed by atoms with Crippen LogP contribution >= 0.6 is 0 Å². The molecule has 0 spiro atoms. The zero-order valence-corrected chi connectivity index (χ0v) is 12.0. The number of halogens is 1. The summed E-state index contributed by atoms with van der Waals surface area (Å²) < 4.78 is 15.2. The number of rotatable bonds is 5. The molecule has 3 aromatic rings. The molecule has 22 heavy (non-hydrogen) atoms. The quantitative estimate of drug-likeness (QED) is 0.787. The molecule has 1 saturated carbocycles. The van der Waals surface area contributed by atoms with Gasteiger partial charge in [0.25, 0.3) is 0 Å². The monoisotopic (exact) mass is 297 g/mol. The highest BCUT2D eigenvalue weighted by Crippen LogP contribution is 2.39.